The number of nitrogens with zero attached hydrogens (tertiary/aromatic N) is 3. The van der Waals surface area contributed by atoms with Gasteiger partial charge >= 0.3 is 5.91 Å². The van der Waals surface area contributed by atoms with Crippen LogP contribution in [0.5, 0.6) is 0 Å². The molecule has 1 amide bonds. The third-order valence-corrected chi connectivity index (χ3v) is 3.76. The lowest BCUT2D eigenvalue weighted by atomic mass is 10.1. The van der Waals surface area contributed by atoms with Crippen LogP contribution in [0.4, 0.5) is 11.6 Å². The first-order valence-electron chi connectivity index (χ1n) is 7.49. The number of fused-ring (bicyclic) bond motifs is 1. The minimum atomic E-state index is -1.95. The number of hydrogen-bond donors (Lipinski definition) is 7. The summed E-state index contributed by atoms with van der Waals surface area (Å²) in [7, 11) is 0. The van der Waals surface area contributed by atoms with Gasteiger partial charge in [0.05, 0.1) is 17.2 Å². The molecule has 0 fully saturated rings. The number of carbonyl (C=O) groups is 2. The van der Waals surface area contributed by atoms with Crippen LogP contribution in [0.2, 0.25) is 0 Å². The maximum Gasteiger partial charge on any atom is 0.301 e. The fraction of sp³-hybridized carbons (Fsp3) is 0.0769. The average Bonchev–Trinajstić information content (AvgIpc) is 3.05. The fourth-order valence-electron chi connectivity index (χ4n) is 2.30. The fourth-order valence-corrected chi connectivity index (χ4v) is 2.44. The summed E-state index contributed by atoms with van der Waals surface area (Å²) in [6.07, 6.45) is 1.04. The number of nitrogens with one attached hydrogen (secondary N) is 5. The van der Waals surface area contributed by atoms with Crippen molar-refractivity contribution in [2.24, 2.45) is 0 Å². The summed E-state index contributed by atoms with van der Waals surface area (Å²) >= 11 is 4.71. The number of hydroxylamine groups is 2. The molecule has 0 aliphatic heterocycles. The Kier molecular flexibility index (Phi) is 5.47. The molecule has 3 rings (SSSR count). The van der Waals surface area contributed by atoms with Crippen LogP contribution in [0.3, 0.4) is 0 Å². The van der Waals surface area contributed by atoms with E-state index in [2.05, 4.69) is 30.5 Å². The maximum atomic E-state index is 12.4. The number of quaternary nitrogens is 2. The number of aromatic nitrogens is 5. The topological polar surface area (TPSA) is 212 Å². The molecule has 3 aromatic rings. The molecule has 0 radical (unpaired) electrons. The number of Topliss-reactive ketones (excluding diaryl/α,β-unsaturated/α-hetero) is 1. The molecule has 7 N–H and O–H groups in total. The van der Waals surface area contributed by atoms with Gasteiger partial charge in [0.1, 0.15) is 5.69 Å². The summed E-state index contributed by atoms with van der Waals surface area (Å²) in [5, 5.41) is 45.2. The third-order valence-electron chi connectivity index (χ3n) is 3.57. The van der Waals surface area contributed by atoms with Crippen LogP contribution in [0, 0.1) is 15.2 Å². The van der Waals surface area contributed by atoms with E-state index < -0.39 is 28.2 Å². The molecule has 2 aromatic heterocycles. The lowest BCUT2D eigenvalue weighted by Gasteiger charge is -2.21. The molecular weight excluding hydrogens is 396 g/mol. The Morgan fingerprint density at radius 1 is 1.18 bits per heavy atom. The Morgan fingerprint density at radius 3 is 2.54 bits per heavy atom. The lowest BCUT2D eigenvalue weighted by Crippen LogP contribution is -3.06. The minimum Gasteiger partial charge on any atom is -0.599 e. The van der Waals surface area contributed by atoms with Crippen LogP contribution in [0.25, 0.3) is 11.0 Å². The first-order chi connectivity index (χ1) is 13.3. The normalized spacial score (nSPS) is 14.4. The first kappa shape index (κ1) is 19.6. The Morgan fingerprint density at radius 2 is 1.93 bits per heavy atom. The lowest BCUT2D eigenvalue weighted by molar-refractivity contribution is -1.06. The van der Waals surface area contributed by atoms with Crippen molar-refractivity contribution in [2.45, 2.75) is 6.04 Å². The molecule has 3 atom stereocenters. The van der Waals surface area contributed by atoms with Crippen molar-refractivity contribution in [2.75, 3.05) is 5.32 Å². The zero-order valence-electron chi connectivity index (χ0n) is 13.7. The average molecular weight is 408 g/mol. The molecule has 0 bridgehead atoms. The second kappa shape index (κ2) is 7.82. The van der Waals surface area contributed by atoms with Gasteiger partial charge in [0.2, 0.25) is 16.8 Å². The first-order valence-corrected chi connectivity index (χ1v) is 7.90. The monoisotopic (exact) mass is 408 g/mol. The number of benzene rings is 1. The summed E-state index contributed by atoms with van der Waals surface area (Å²) in [5.74, 6) is -2.74. The van der Waals surface area contributed by atoms with E-state index in [0.717, 1.165) is 6.20 Å². The van der Waals surface area contributed by atoms with E-state index in [1.165, 1.54) is 18.2 Å². The van der Waals surface area contributed by atoms with Crippen LogP contribution >= 0.6 is 12.2 Å². The van der Waals surface area contributed by atoms with Crippen molar-refractivity contribution in [1.82, 2.24) is 25.1 Å². The molecule has 0 aliphatic rings. The van der Waals surface area contributed by atoms with Gasteiger partial charge in [0, 0.05) is 12.1 Å². The van der Waals surface area contributed by atoms with Crippen LogP contribution in [0.1, 0.15) is 11.7 Å². The minimum absolute atomic E-state index is 0.0205. The summed E-state index contributed by atoms with van der Waals surface area (Å²) in [6, 6.07) is 1.92. The number of hydrogen-bond acceptors (Lipinski definition) is 10. The molecule has 28 heavy (non-hydrogen) atoms. The number of H-pyrrole nitrogens is 2. The number of anilines is 1. The van der Waals surface area contributed by atoms with Crippen LogP contribution in [-0.2, 0) is 9.59 Å². The largest absolute Gasteiger partial charge is 0.599 e. The molecule has 0 spiro atoms. The molecule has 2 heterocycles. The summed E-state index contributed by atoms with van der Waals surface area (Å²) in [5.41, 5.74) is -0.0616. The van der Waals surface area contributed by atoms with Gasteiger partial charge < -0.3 is 10.4 Å². The highest BCUT2D eigenvalue weighted by Crippen LogP contribution is 2.16. The van der Waals surface area contributed by atoms with E-state index in [0.29, 0.717) is 5.52 Å². The van der Waals surface area contributed by atoms with E-state index >= 15 is 0 Å². The molecular formula is C13H12N8O6S. The van der Waals surface area contributed by atoms with Crippen molar-refractivity contribution in [3.05, 3.63) is 45.3 Å². The predicted octanol–water partition coefficient (Wildman–Crippen LogP) is -2.17. The van der Waals surface area contributed by atoms with Crippen LogP contribution in [0.15, 0.2) is 24.4 Å². The van der Waals surface area contributed by atoms with E-state index in [1.807, 2.05) is 0 Å². The van der Waals surface area contributed by atoms with Crippen molar-refractivity contribution in [3.8, 4) is 0 Å². The highest BCUT2D eigenvalue weighted by Gasteiger charge is 2.35. The van der Waals surface area contributed by atoms with Crippen molar-refractivity contribution in [3.63, 3.8) is 0 Å². The number of ketones is 1. The molecule has 3 unspecified atom stereocenters. The summed E-state index contributed by atoms with van der Waals surface area (Å²) in [6.45, 7) is 0. The quantitative estimate of drug-likeness (QED) is 0.133. The molecule has 0 aliphatic carbocycles. The van der Waals surface area contributed by atoms with E-state index in [9.17, 15) is 25.2 Å². The van der Waals surface area contributed by atoms with Gasteiger partial charge in [-0.05, 0) is 18.3 Å². The van der Waals surface area contributed by atoms with E-state index in [-0.39, 0.29) is 27.6 Å². The van der Waals surface area contributed by atoms with Gasteiger partial charge in [-0.1, -0.05) is 0 Å². The number of carbonyl (C=O) groups excluding carboxylic acids is 2. The zero-order chi connectivity index (χ0) is 20.4. The summed E-state index contributed by atoms with van der Waals surface area (Å²) < 4.78 is 0.0205. The van der Waals surface area contributed by atoms with Crippen LogP contribution < -0.4 is 15.8 Å². The third kappa shape index (κ3) is 4.05. The molecule has 1 aromatic carbocycles. The second-order valence-electron chi connectivity index (χ2n) is 5.41. The number of amides is 1. The number of rotatable bonds is 6. The van der Waals surface area contributed by atoms with Crippen molar-refractivity contribution < 1.29 is 30.5 Å². The molecule has 14 nitrogen and oxygen atoms in total. The zero-order valence-corrected chi connectivity index (χ0v) is 14.5. The van der Waals surface area contributed by atoms with Gasteiger partial charge in [-0.15, -0.1) is 0 Å². The Bertz CT molecular complexity index is 1100. The van der Waals surface area contributed by atoms with Crippen LogP contribution in [-0.4, -0.2) is 47.3 Å². The Balaban J connectivity index is 1.93. The molecule has 146 valence electrons. The van der Waals surface area contributed by atoms with Gasteiger partial charge in [-0.25, -0.2) is 20.6 Å². The smallest absolute Gasteiger partial charge is 0.301 e. The number of aromatic amines is 2. The van der Waals surface area contributed by atoms with E-state index in [1.54, 1.807) is 0 Å². The standard InChI is InChI=1S/C13H12N8O6S/c22-10(11(23)16-12-17-13(28)19-18-12)9(21(26)27)8-4-14-6-2-1-5(20(24)25)3-7(6)15-8/h1-4,9,20-21,24,26H,(H3,16,17,18,19,23,28). The van der Waals surface area contributed by atoms with Gasteiger partial charge in [0.15, 0.2) is 5.69 Å². The van der Waals surface area contributed by atoms with Crippen molar-refractivity contribution in [1.29, 1.82) is 0 Å². The van der Waals surface area contributed by atoms with E-state index in [4.69, 9.17) is 17.4 Å². The summed E-state index contributed by atoms with van der Waals surface area (Å²) in [4.78, 5) is 36.1. The van der Waals surface area contributed by atoms with Gasteiger partial charge in [-0.3, -0.25) is 30.1 Å². The highest BCUT2D eigenvalue weighted by atomic mass is 32.1. The van der Waals surface area contributed by atoms with Crippen molar-refractivity contribution >= 4 is 46.6 Å². The highest BCUT2D eigenvalue weighted by molar-refractivity contribution is 7.71. The van der Waals surface area contributed by atoms with Gasteiger partial charge in [-0.2, -0.15) is 10.2 Å². The SMILES string of the molecule is O=C(Nc1nc(=S)[nH][nH]1)C(=O)C(c1cnc2ccc([NH+]([O-])O)cc2n1)[NH+]([O-])O. The van der Waals surface area contributed by atoms with Gasteiger partial charge in [0.25, 0.3) is 5.78 Å². The molecule has 15 heteroatoms. The maximum absolute atomic E-state index is 12.4. The predicted molar refractivity (Wildman–Crippen MR) is 91.6 cm³/mol. The Labute approximate surface area is 159 Å². The Hall–Kier alpha value is -3.18. The molecule has 0 saturated carbocycles. The molecule has 0 saturated heterocycles. The second-order valence-corrected chi connectivity index (χ2v) is 5.80.